The summed E-state index contributed by atoms with van der Waals surface area (Å²) in [5.41, 5.74) is 9.08. The van der Waals surface area contributed by atoms with E-state index in [0.29, 0.717) is 28.5 Å². The molecule has 2 fully saturated rings. The lowest BCUT2D eigenvalue weighted by Crippen LogP contribution is -2.62. The maximum absolute atomic E-state index is 12.4. The number of hydrogen-bond acceptors (Lipinski definition) is 11. The summed E-state index contributed by atoms with van der Waals surface area (Å²) >= 11 is 0. The molecule has 4 aromatic heterocycles. The van der Waals surface area contributed by atoms with Gasteiger partial charge in [0.15, 0.2) is 17.2 Å². The predicted octanol–water partition coefficient (Wildman–Crippen LogP) is 1.51. The monoisotopic (exact) mass is 559 g/mol. The summed E-state index contributed by atoms with van der Waals surface area (Å²) in [6, 6.07) is 14.7. The minimum atomic E-state index is -0.333. The van der Waals surface area contributed by atoms with Crippen molar-refractivity contribution in [2.45, 2.75) is 18.5 Å². The number of carbonyl (C=O) groups is 1. The zero-order valence-corrected chi connectivity index (χ0v) is 22.3. The van der Waals surface area contributed by atoms with Gasteiger partial charge in [0.25, 0.3) is 5.91 Å². The average Bonchev–Trinajstić information content (AvgIpc) is 3.58. The Morgan fingerprint density at radius 2 is 1.98 bits per heavy atom. The number of rotatable bonds is 5. The lowest BCUT2D eigenvalue weighted by molar-refractivity contribution is 0.0953. The van der Waals surface area contributed by atoms with E-state index in [0.717, 1.165) is 31.0 Å². The van der Waals surface area contributed by atoms with Crippen molar-refractivity contribution in [3.05, 3.63) is 78.6 Å². The molecular weight excluding hydrogens is 534 g/mol. The third kappa shape index (κ3) is 4.54. The molecular formula is C29H25N11O2. The standard InChI is InChI=1S/C29H25N11O2/c30-28-22(15-19(35-36-28)18-5-1-2-6-24(18)41)39-17-23-21(39)9-14-38(23)26-8-12-31-25(34-26)7-3-10-33-29(42)20-16-27-32-11-4-13-40(27)37-20/h1-2,4-6,8,11-13,15-16,21,23,41H,9-10,14,17H2,(H2,30,36)(H,33,42). The molecule has 0 aliphatic carbocycles. The van der Waals surface area contributed by atoms with Crippen molar-refractivity contribution in [2.24, 2.45) is 0 Å². The second-order valence-corrected chi connectivity index (χ2v) is 9.96. The molecule has 7 rings (SSSR count). The number of phenolic OH excluding ortho intramolecular Hbond substituents is 1. The van der Waals surface area contributed by atoms with E-state index in [-0.39, 0.29) is 36.0 Å². The van der Waals surface area contributed by atoms with Crippen molar-refractivity contribution in [1.82, 2.24) is 40.1 Å². The molecule has 0 bridgehead atoms. The van der Waals surface area contributed by atoms with Crippen molar-refractivity contribution in [3.63, 3.8) is 0 Å². The van der Waals surface area contributed by atoms with Gasteiger partial charge in [-0.15, -0.1) is 10.2 Å². The van der Waals surface area contributed by atoms with Gasteiger partial charge in [0.05, 0.1) is 30.0 Å². The molecule has 13 nitrogen and oxygen atoms in total. The van der Waals surface area contributed by atoms with E-state index in [9.17, 15) is 9.90 Å². The molecule has 2 atom stereocenters. The number of nitrogens with one attached hydrogen (secondary N) is 1. The highest BCUT2D eigenvalue weighted by Crippen LogP contribution is 2.41. The van der Waals surface area contributed by atoms with E-state index in [4.69, 9.17) is 5.73 Å². The number of aromatic nitrogens is 7. The molecule has 1 aromatic carbocycles. The van der Waals surface area contributed by atoms with Gasteiger partial charge in [-0.2, -0.15) is 5.10 Å². The van der Waals surface area contributed by atoms with Gasteiger partial charge >= 0.3 is 0 Å². The minimum absolute atomic E-state index is 0.126. The number of para-hydroxylation sites is 1. The maximum Gasteiger partial charge on any atom is 0.272 e. The van der Waals surface area contributed by atoms with E-state index in [2.05, 4.69) is 57.2 Å². The van der Waals surface area contributed by atoms with Crippen LogP contribution in [0.1, 0.15) is 22.7 Å². The quantitative estimate of drug-likeness (QED) is 0.268. The molecule has 2 aliphatic rings. The summed E-state index contributed by atoms with van der Waals surface area (Å²) < 4.78 is 1.54. The van der Waals surface area contributed by atoms with Crippen LogP contribution < -0.4 is 20.9 Å². The fourth-order valence-corrected chi connectivity index (χ4v) is 5.47. The summed E-state index contributed by atoms with van der Waals surface area (Å²) in [4.78, 5) is 30.1. The number of phenols is 1. The summed E-state index contributed by atoms with van der Waals surface area (Å²) in [7, 11) is 0. The van der Waals surface area contributed by atoms with Gasteiger partial charge in [-0.05, 0) is 42.7 Å². The van der Waals surface area contributed by atoms with Gasteiger partial charge < -0.3 is 26.0 Å². The second kappa shape index (κ2) is 10.3. The highest BCUT2D eigenvalue weighted by atomic mass is 16.3. The smallest absolute Gasteiger partial charge is 0.272 e. The summed E-state index contributed by atoms with van der Waals surface area (Å²) in [5.74, 6) is 7.21. The van der Waals surface area contributed by atoms with E-state index in [1.165, 1.54) is 0 Å². The molecule has 6 heterocycles. The Morgan fingerprint density at radius 1 is 1.07 bits per heavy atom. The molecule has 2 unspecified atom stereocenters. The molecule has 2 saturated heterocycles. The van der Waals surface area contributed by atoms with Crippen molar-refractivity contribution in [1.29, 1.82) is 0 Å². The zero-order valence-electron chi connectivity index (χ0n) is 22.3. The fraction of sp³-hybridized carbons (Fsp3) is 0.207. The highest BCUT2D eigenvalue weighted by molar-refractivity contribution is 5.93. The van der Waals surface area contributed by atoms with Crippen LogP contribution in [0.15, 0.2) is 67.1 Å². The van der Waals surface area contributed by atoms with Crippen LogP contribution in [0.25, 0.3) is 16.9 Å². The van der Waals surface area contributed by atoms with Crippen LogP contribution in [0.2, 0.25) is 0 Å². The van der Waals surface area contributed by atoms with Gasteiger partial charge in [0, 0.05) is 43.3 Å². The largest absolute Gasteiger partial charge is 0.507 e. The normalized spacial score (nSPS) is 17.3. The number of aromatic hydroxyl groups is 1. The first kappa shape index (κ1) is 25.2. The number of hydrogen-bond donors (Lipinski definition) is 3. The zero-order chi connectivity index (χ0) is 28.6. The molecule has 0 radical (unpaired) electrons. The number of anilines is 3. The third-order valence-electron chi connectivity index (χ3n) is 7.53. The number of carbonyl (C=O) groups excluding carboxylic acids is 1. The molecule has 4 N–H and O–H groups in total. The molecule has 0 spiro atoms. The number of nitrogens with zero attached hydrogens (tertiary/aromatic N) is 9. The minimum Gasteiger partial charge on any atom is -0.507 e. The lowest BCUT2D eigenvalue weighted by Gasteiger charge is -2.48. The number of nitrogens with two attached hydrogens (primary N) is 1. The topological polar surface area (TPSA) is 164 Å². The summed E-state index contributed by atoms with van der Waals surface area (Å²) in [6.07, 6.45) is 5.99. The van der Waals surface area contributed by atoms with Crippen molar-refractivity contribution in [2.75, 3.05) is 35.2 Å². The Labute approximate surface area is 240 Å². The van der Waals surface area contributed by atoms with Gasteiger partial charge in [-0.3, -0.25) is 4.79 Å². The Kier molecular flexibility index (Phi) is 6.20. The van der Waals surface area contributed by atoms with Crippen LogP contribution in [0, 0.1) is 11.8 Å². The molecule has 5 aromatic rings. The van der Waals surface area contributed by atoms with E-state index >= 15 is 0 Å². The molecule has 13 heteroatoms. The first-order valence-corrected chi connectivity index (χ1v) is 13.4. The SMILES string of the molecule is Nc1nnc(-c2ccccc2O)cc1N1CC2C1CCN2c1ccnc(C#CCNC(=O)c2cc3ncccn3n2)n1. The second-order valence-electron chi connectivity index (χ2n) is 9.96. The fourth-order valence-electron chi connectivity index (χ4n) is 5.47. The van der Waals surface area contributed by atoms with Crippen LogP contribution >= 0.6 is 0 Å². The Balaban J connectivity index is 1.00. The first-order chi connectivity index (χ1) is 20.5. The average molecular weight is 560 g/mol. The van der Waals surface area contributed by atoms with E-state index < -0.39 is 0 Å². The van der Waals surface area contributed by atoms with Crippen LogP contribution in [-0.2, 0) is 0 Å². The van der Waals surface area contributed by atoms with Gasteiger partial charge in [0.1, 0.15) is 11.6 Å². The van der Waals surface area contributed by atoms with Crippen molar-refractivity contribution in [3.8, 4) is 28.8 Å². The third-order valence-corrected chi connectivity index (χ3v) is 7.53. The van der Waals surface area contributed by atoms with Gasteiger partial charge in [0.2, 0.25) is 5.82 Å². The molecule has 42 heavy (non-hydrogen) atoms. The van der Waals surface area contributed by atoms with Gasteiger partial charge in [-0.1, -0.05) is 18.1 Å². The number of fused-ring (bicyclic) bond motifs is 2. The molecule has 0 saturated carbocycles. The van der Waals surface area contributed by atoms with Crippen molar-refractivity contribution >= 4 is 28.9 Å². The van der Waals surface area contributed by atoms with Crippen molar-refractivity contribution < 1.29 is 9.90 Å². The highest BCUT2D eigenvalue weighted by Gasteiger charge is 2.48. The van der Waals surface area contributed by atoms with Crippen LogP contribution in [0.5, 0.6) is 5.75 Å². The van der Waals surface area contributed by atoms with E-state index in [1.54, 1.807) is 53.4 Å². The number of benzene rings is 1. The van der Waals surface area contributed by atoms with Crippen LogP contribution in [0.4, 0.5) is 17.3 Å². The van der Waals surface area contributed by atoms with E-state index in [1.807, 2.05) is 18.2 Å². The molecule has 1 amide bonds. The number of nitrogen functional groups attached to an aromatic ring is 1. The lowest BCUT2D eigenvalue weighted by atomic mass is 9.95. The summed E-state index contributed by atoms with van der Waals surface area (Å²) in [6.45, 7) is 1.70. The Morgan fingerprint density at radius 3 is 2.86 bits per heavy atom. The Bertz CT molecular complexity index is 1850. The maximum atomic E-state index is 12.4. The number of amides is 1. The van der Waals surface area contributed by atoms with Gasteiger partial charge in [-0.25, -0.2) is 19.5 Å². The molecule has 208 valence electrons. The van der Waals surface area contributed by atoms with Crippen LogP contribution in [0.3, 0.4) is 0 Å². The predicted molar refractivity (Wildman–Crippen MR) is 155 cm³/mol. The molecule has 2 aliphatic heterocycles. The van der Waals surface area contributed by atoms with Crippen LogP contribution in [-0.4, -0.2) is 77.5 Å². The Hall–Kier alpha value is -5.77. The summed E-state index contributed by atoms with van der Waals surface area (Å²) in [5, 5.41) is 25.6. The first-order valence-electron chi connectivity index (χ1n) is 13.4.